The number of benzene rings is 3. The van der Waals surface area contributed by atoms with Crippen molar-refractivity contribution in [1.82, 2.24) is 14.7 Å². The second-order valence-electron chi connectivity index (χ2n) is 10.9. The normalized spacial score (nSPS) is 25.7. The van der Waals surface area contributed by atoms with Gasteiger partial charge in [0.2, 0.25) is 0 Å². The van der Waals surface area contributed by atoms with E-state index in [1.807, 2.05) is 29.2 Å². The highest BCUT2D eigenvalue weighted by Gasteiger charge is 2.53. The molecule has 3 aliphatic rings. The molecular formula is C31H31BrN4O6. The van der Waals surface area contributed by atoms with Gasteiger partial charge in [-0.2, -0.15) is 0 Å². The van der Waals surface area contributed by atoms with Gasteiger partial charge in [0.25, 0.3) is 11.8 Å². The molecule has 3 aliphatic heterocycles. The molecule has 6 rings (SSSR count). The van der Waals surface area contributed by atoms with Crippen LogP contribution in [0.5, 0.6) is 5.75 Å². The predicted molar refractivity (Wildman–Crippen MR) is 159 cm³/mol. The minimum atomic E-state index is -1.18. The molecule has 0 bridgehead atoms. The van der Waals surface area contributed by atoms with Crippen LogP contribution >= 0.6 is 15.9 Å². The van der Waals surface area contributed by atoms with Crippen molar-refractivity contribution in [3.8, 4) is 5.75 Å². The quantitative estimate of drug-likeness (QED) is 0.369. The van der Waals surface area contributed by atoms with Gasteiger partial charge in [0.15, 0.2) is 0 Å². The summed E-state index contributed by atoms with van der Waals surface area (Å²) in [5.74, 6) is -0.186. The molecule has 3 N–H and O–H groups in total. The average Bonchev–Trinajstić information content (AvgIpc) is 3.23. The van der Waals surface area contributed by atoms with E-state index in [1.54, 1.807) is 55.6 Å². The molecule has 0 saturated carbocycles. The van der Waals surface area contributed by atoms with E-state index in [9.17, 15) is 24.6 Å². The summed E-state index contributed by atoms with van der Waals surface area (Å²) in [5, 5.41) is 24.6. The second kappa shape index (κ2) is 11.5. The van der Waals surface area contributed by atoms with Crippen LogP contribution in [0.3, 0.4) is 0 Å². The molecule has 3 aromatic rings. The van der Waals surface area contributed by atoms with Gasteiger partial charge in [-0.25, -0.2) is 4.79 Å². The summed E-state index contributed by atoms with van der Waals surface area (Å²) in [7, 11) is 1.56. The van der Waals surface area contributed by atoms with Crippen LogP contribution in [0.1, 0.15) is 32.2 Å². The fourth-order valence-corrected chi connectivity index (χ4v) is 6.53. The number of fused-ring (bicyclic) bond motifs is 2. The fourth-order valence-electron chi connectivity index (χ4n) is 6.27. The van der Waals surface area contributed by atoms with E-state index in [0.717, 1.165) is 10.0 Å². The van der Waals surface area contributed by atoms with Crippen LogP contribution in [0.15, 0.2) is 77.3 Å². The van der Waals surface area contributed by atoms with E-state index in [2.05, 4.69) is 21.2 Å². The molecule has 11 heteroatoms. The third kappa shape index (κ3) is 5.17. The van der Waals surface area contributed by atoms with Crippen LogP contribution < -0.4 is 10.1 Å². The number of anilines is 1. The highest BCUT2D eigenvalue weighted by Crippen LogP contribution is 2.43. The molecule has 0 aliphatic carbocycles. The SMILES string of the molecule is COc1ccc(NC(=O)N2C[C@@H](O)[C@@H](O)CN3[C@H](CN4C(=O)c5ccccc5C4=O)[C@H](c4ccc(Br)cc4)[C@@H]3C2)cc1. The highest BCUT2D eigenvalue weighted by atomic mass is 79.9. The maximum atomic E-state index is 13.4. The lowest BCUT2D eigenvalue weighted by Gasteiger charge is -2.59. The number of halogens is 1. The smallest absolute Gasteiger partial charge is 0.321 e. The van der Waals surface area contributed by atoms with Gasteiger partial charge in [0, 0.05) is 47.8 Å². The van der Waals surface area contributed by atoms with Gasteiger partial charge >= 0.3 is 6.03 Å². The molecule has 42 heavy (non-hydrogen) atoms. The molecule has 218 valence electrons. The van der Waals surface area contributed by atoms with Crippen molar-refractivity contribution in [2.75, 3.05) is 38.6 Å². The summed E-state index contributed by atoms with van der Waals surface area (Å²) in [6, 6.07) is 20.6. The Labute approximate surface area is 251 Å². The lowest BCUT2D eigenvalue weighted by molar-refractivity contribution is -0.104. The summed E-state index contributed by atoms with van der Waals surface area (Å²) in [5.41, 5.74) is 2.31. The molecule has 0 aromatic heterocycles. The van der Waals surface area contributed by atoms with Gasteiger partial charge in [-0.05, 0) is 54.1 Å². The van der Waals surface area contributed by atoms with E-state index in [1.165, 1.54) is 9.80 Å². The van der Waals surface area contributed by atoms with Crippen molar-refractivity contribution in [2.24, 2.45) is 0 Å². The van der Waals surface area contributed by atoms with Gasteiger partial charge in [0.05, 0.1) is 37.0 Å². The maximum Gasteiger partial charge on any atom is 0.321 e. The van der Waals surface area contributed by atoms with E-state index >= 15 is 0 Å². The number of imide groups is 1. The third-order valence-electron chi connectivity index (χ3n) is 8.47. The summed E-state index contributed by atoms with van der Waals surface area (Å²) in [6.07, 6.45) is -2.32. The second-order valence-corrected chi connectivity index (χ2v) is 11.8. The first-order valence-electron chi connectivity index (χ1n) is 13.8. The lowest BCUT2D eigenvalue weighted by atomic mass is 9.73. The summed E-state index contributed by atoms with van der Waals surface area (Å²) in [6.45, 7) is 0.472. The van der Waals surface area contributed by atoms with Crippen LogP contribution in [-0.4, -0.2) is 100 Å². The van der Waals surface area contributed by atoms with Crippen LogP contribution in [0.2, 0.25) is 0 Å². The van der Waals surface area contributed by atoms with E-state index in [0.29, 0.717) is 22.6 Å². The number of aliphatic hydroxyl groups excluding tert-OH is 2. The number of nitrogens with one attached hydrogen (secondary N) is 1. The number of carbonyl (C=O) groups excluding carboxylic acids is 3. The van der Waals surface area contributed by atoms with Gasteiger partial charge in [-0.3, -0.25) is 19.4 Å². The van der Waals surface area contributed by atoms with Crippen molar-refractivity contribution < 1.29 is 29.3 Å². The zero-order valence-electron chi connectivity index (χ0n) is 22.9. The minimum absolute atomic E-state index is 0.0520. The van der Waals surface area contributed by atoms with Crippen LogP contribution in [0.4, 0.5) is 10.5 Å². The summed E-state index contributed by atoms with van der Waals surface area (Å²) >= 11 is 3.49. The number of amides is 4. The number of aliphatic hydroxyl groups is 2. The van der Waals surface area contributed by atoms with Gasteiger partial charge in [-0.1, -0.05) is 40.2 Å². The van der Waals surface area contributed by atoms with Crippen molar-refractivity contribution in [3.63, 3.8) is 0 Å². The zero-order chi connectivity index (χ0) is 29.5. The number of nitrogens with zero attached hydrogens (tertiary/aromatic N) is 3. The number of rotatable bonds is 5. The topological polar surface area (TPSA) is 123 Å². The molecule has 0 spiro atoms. The van der Waals surface area contributed by atoms with E-state index in [-0.39, 0.29) is 56.0 Å². The maximum absolute atomic E-state index is 13.4. The molecule has 2 saturated heterocycles. The van der Waals surface area contributed by atoms with Crippen molar-refractivity contribution in [2.45, 2.75) is 30.2 Å². The molecule has 4 amide bonds. The molecular weight excluding hydrogens is 604 g/mol. The number of β-amino-alcohol motifs (C(OH)–C–C–N with tert-alkyl or cyclic N) is 1. The zero-order valence-corrected chi connectivity index (χ0v) is 24.5. The van der Waals surface area contributed by atoms with E-state index in [4.69, 9.17) is 4.74 Å². The first-order valence-corrected chi connectivity index (χ1v) is 14.6. The molecule has 2 fully saturated rings. The Morgan fingerprint density at radius 2 is 1.52 bits per heavy atom. The summed E-state index contributed by atoms with van der Waals surface area (Å²) < 4.78 is 6.11. The Morgan fingerprint density at radius 1 is 0.905 bits per heavy atom. The Hall–Kier alpha value is -3.77. The standard InChI is InChI=1S/C31H31BrN4O6/c1-42-21-12-10-20(11-13-21)33-31(41)34-14-24-28(18-6-8-19(32)9-7-18)25(35(24)17-27(38)26(37)16-34)15-36-29(39)22-4-2-3-5-23(22)30(36)40/h2-13,24-28,37-38H,14-17H2,1H3,(H,33,41)/t24-,25+,26+,27-,28+/m0/s1. The van der Waals surface area contributed by atoms with Crippen molar-refractivity contribution in [1.29, 1.82) is 0 Å². The highest BCUT2D eigenvalue weighted by molar-refractivity contribution is 9.10. The predicted octanol–water partition coefficient (Wildman–Crippen LogP) is 3.16. The van der Waals surface area contributed by atoms with E-state index < -0.39 is 18.2 Å². The van der Waals surface area contributed by atoms with Gasteiger partial charge < -0.3 is 25.2 Å². The number of carbonyl (C=O) groups is 3. The molecule has 0 unspecified atom stereocenters. The number of ether oxygens (including phenoxy) is 1. The Bertz CT molecular complexity index is 1470. The minimum Gasteiger partial charge on any atom is -0.497 e. The van der Waals surface area contributed by atoms with Crippen LogP contribution in [-0.2, 0) is 0 Å². The van der Waals surface area contributed by atoms with Crippen molar-refractivity contribution in [3.05, 3.63) is 94.0 Å². The number of urea groups is 1. The Balaban J connectivity index is 1.29. The Kier molecular flexibility index (Phi) is 7.75. The molecule has 0 radical (unpaired) electrons. The van der Waals surface area contributed by atoms with Crippen LogP contribution in [0.25, 0.3) is 0 Å². The molecule has 3 heterocycles. The third-order valence-corrected chi connectivity index (χ3v) is 9.00. The monoisotopic (exact) mass is 634 g/mol. The average molecular weight is 636 g/mol. The lowest BCUT2D eigenvalue weighted by Crippen LogP contribution is -2.72. The number of hydrogen-bond acceptors (Lipinski definition) is 7. The van der Waals surface area contributed by atoms with Gasteiger partial charge in [0.1, 0.15) is 5.75 Å². The molecule has 3 aromatic carbocycles. The Morgan fingerprint density at radius 3 is 2.14 bits per heavy atom. The number of methoxy groups -OCH3 is 1. The first-order chi connectivity index (χ1) is 20.2. The molecule has 10 nitrogen and oxygen atoms in total. The molecule has 5 atom stereocenters. The summed E-state index contributed by atoms with van der Waals surface area (Å²) in [4.78, 5) is 44.7. The largest absolute Gasteiger partial charge is 0.497 e. The fraction of sp³-hybridized carbons (Fsp3) is 0.323. The number of hydrogen-bond donors (Lipinski definition) is 3. The van der Waals surface area contributed by atoms with Crippen LogP contribution in [0, 0.1) is 0 Å². The van der Waals surface area contributed by atoms with Gasteiger partial charge in [-0.15, -0.1) is 0 Å². The van der Waals surface area contributed by atoms with Crippen molar-refractivity contribution >= 4 is 39.5 Å². The first kappa shape index (κ1) is 28.4.